The number of nitrogens with one attached hydrogen (secondary N) is 2. The first-order chi connectivity index (χ1) is 18.7. The van der Waals surface area contributed by atoms with E-state index in [9.17, 15) is 30.7 Å². The molecule has 0 aliphatic heterocycles. The number of rotatable bonds is 8. The number of hydrogen-bond donors (Lipinski definition) is 6. The molecule has 0 bridgehead atoms. The summed E-state index contributed by atoms with van der Waals surface area (Å²) in [7, 11) is -7.00. The van der Waals surface area contributed by atoms with E-state index in [1.54, 1.807) is 30.3 Å². The average molecular weight is 640 g/mol. The number of methoxy groups -OCH3 is 2. The van der Waals surface area contributed by atoms with Gasteiger partial charge >= 0.3 is 0 Å². The van der Waals surface area contributed by atoms with Crippen LogP contribution in [0.5, 0.6) is 11.5 Å². The van der Waals surface area contributed by atoms with Crippen molar-refractivity contribution < 1.29 is 40.2 Å². The van der Waals surface area contributed by atoms with Crippen molar-refractivity contribution in [2.24, 2.45) is 15.3 Å². The molecular formula is C22H23N7Na2O9S2. The summed E-state index contributed by atoms with van der Waals surface area (Å²) in [5, 5.41) is 14.0. The van der Waals surface area contributed by atoms with Crippen molar-refractivity contribution in [3.8, 4) is 11.5 Å². The molecule has 1 amide bonds. The molecule has 0 unspecified atom stereocenters. The number of benzene rings is 3. The number of nitrogens with two attached hydrogens (primary N) is 2. The minimum atomic E-state index is -4.75. The number of hydrazone groups is 1. The smallest absolute Gasteiger partial charge is 0.297 e. The van der Waals surface area contributed by atoms with Gasteiger partial charge in [-0.3, -0.25) is 19.3 Å². The number of amidine groups is 1. The Morgan fingerprint density at radius 1 is 0.833 bits per heavy atom. The molecule has 2 radical (unpaired) electrons. The summed E-state index contributed by atoms with van der Waals surface area (Å²) in [4.78, 5) is 11.7. The van der Waals surface area contributed by atoms with Crippen molar-refractivity contribution in [3.05, 3.63) is 54.6 Å². The van der Waals surface area contributed by atoms with Gasteiger partial charge in [0, 0.05) is 76.9 Å². The summed E-state index contributed by atoms with van der Waals surface area (Å²) >= 11 is 0. The van der Waals surface area contributed by atoms with Gasteiger partial charge in [-0.15, -0.1) is 15.3 Å². The maximum atomic E-state index is 13.0. The maximum Gasteiger partial charge on any atom is 0.297 e. The molecule has 42 heavy (non-hydrogen) atoms. The van der Waals surface area contributed by atoms with Crippen LogP contribution in [0.25, 0.3) is 0 Å². The van der Waals surface area contributed by atoms with Crippen LogP contribution in [0.2, 0.25) is 0 Å². The molecule has 0 heterocycles. The number of amides is 1. The molecular weight excluding hydrogens is 616 g/mol. The second kappa shape index (κ2) is 15.6. The summed E-state index contributed by atoms with van der Waals surface area (Å²) in [5.41, 5.74) is 13.1. The predicted octanol–water partition coefficient (Wildman–Crippen LogP) is 1.75. The van der Waals surface area contributed by atoms with E-state index in [0.717, 1.165) is 24.3 Å². The number of para-hydroxylation sites is 1. The molecule has 0 aliphatic carbocycles. The molecule has 0 saturated heterocycles. The Kier molecular flexibility index (Phi) is 13.9. The normalized spacial score (nSPS) is 11.7. The van der Waals surface area contributed by atoms with Crippen molar-refractivity contribution in [1.29, 1.82) is 0 Å². The van der Waals surface area contributed by atoms with E-state index in [4.69, 9.17) is 20.9 Å². The predicted molar refractivity (Wildman–Crippen MR) is 157 cm³/mol. The molecule has 0 aromatic heterocycles. The van der Waals surface area contributed by atoms with Crippen molar-refractivity contribution in [3.63, 3.8) is 0 Å². The van der Waals surface area contributed by atoms with Crippen LogP contribution in [-0.4, -0.2) is 111 Å². The van der Waals surface area contributed by atoms with E-state index in [1.165, 1.54) is 14.2 Å². The van der Waals surface area contributed by atoms with Crippen molar-refractivity contribution >= 4 is 120 Å². The van der Waals surface area contributed by atoms with E-state index in [0.29, 0.717) is 5.69 Å². The van der Waals surface area contributed by atoms with Gasteiger partial charge in [0.05, 0.1) is 31.3 Å². The summed E-state index contributed by atoms with van der Waals surface area (Å²) in [6.45, 7) is 0. The molecule has 3 aromatic carbocycles. The molecule has 0 atom stereocenters. The number of ether oxygens (including phenoxy) is 2. The Hall–Kier alpha value is -2.78. The van der Waals surface area contributed by atoms with E-state index in [2.05, 4.69) is 26.1 Å². The van der Waals surface area contributed by atoms with Crippen molar-refractivity contribution in [2.75, 3.05) is 36.4 Å². The Balaban J connectivity index is 0.00000441. The van der Waals surface area contributed by atoms with E-state index >= 15 is 0 Å². The third-order valence-electron chi connectivity index (χ3n) is 4.97. The van der Waals surface area contributed by atoms with Gasteiger partial charge in [0.25, 0.3) is 32.0 Å². The first kappa shape index (κ1) is 37.2. The summed E-state index contributed by atoms with van der Waals surface area (Å²) in [5.74, 6) is -1.62. The number of anilines is 4. The van der Waals surface area contributed by atoms with Crippen LogP contribution in [0, 0.1) is 0 Å². The monoisotopic (exact) mass is 639 g/mol. The van der Waals surface area contributed by atoms with Crippen LogP contribution >= 0.6 is 0 Å². The van der Waals surface area contributed by atoms with Crippen LogP contribution in [-0.2, 0) is 25.0 Å². The second-order valence-corrected chi connectivity index (χ2v) is 10.4. The molecule has 16 nitrogen and oxygen atoms in total. The quantitative estimate of drug-likeness (QED) is 0.0392. The van der Waals surface area contributed by atoms with Crippen molar-refractivity contribution in [1.82, 2.24) is 0 Å². The fourth-order valence-electron chi connectivity index (χ4n) is 3.13. The first-order valence-corrected chi connectivity index (χ1v) is 13.6. The third-order valence-corrected chi connectivity index (χ3v) is 6.79. The van der Waals surface area contributed by atoms with Gasteiger partial charge in [0.15, 0.2) is 0 Å². The van der Waals surface area contributed by atoms with E-state index < -0.39 is 41.8 Å². The van der Waals surface area contributed by atoms with E-state index in [-0.39, 0.29) is 93.4 Å². The number of hydrogen-bond acceptors (Lipinski definition) is 12. The van der Waals surface area contributed by atoms with Crippen LogP contribution < -0.4 is 31.7 Å². The minimum absolute atomic E-state index is 0. The van der Waals surface area contributed by atoms with Gasteiger partial charge < -0.3 is 26.3 Å². The van der Waals surface area contributed by atoms with Gasteiger partial charge in [0.2, 0.25) is 0 Å². The van der Waals surface area contributed by atoms with Gasteiger partial charge in [-0.1, -0.05) is 18.2 Å². The maximum absolute atomic E-state index is 13.0. The van der Waals surface area contributed by atoms with Crippen LogP contribution in [0.15, 0.2) is 79.7 Å². The topological polar surface area (TPSA) is 257 Å². The first-order valence-electron chi connectivity index (χ1n) is 10.8. The summed E-state index contributed by atoms with van der Waals surface area (Å²) in [6.07, 6.45) is 0. The summed E-state index contributed by atoms with van der Waals surface area (Å²) in [6, 6.07) is 12.1. The van der Waals surface area contributed by atoms with E-state index in [1.807, 2.05) is 0 Å². The van der Waals surface area contributed by atoms with Crippen molar-refractivity contribution in [2.45, 2.75) is 9.79 Å². The molecule has 0 fully saturated rings. The molecule has 8 N–H and O–H groups in total. The zero-order chi connectivity index (χ0) is 29.7. The zero-order valence-corrected chi connectivity index (χ0v) is 28.4. The second-order valence-electron chi connectivity index (χ2n) is 7.67. The fourth-order valence-corrected chi connectivity index (χ4v) is 4.37. The molecule has 3 rings (SSSR count). The summed E-state index contributed by atoms with van der Waals surface area (Å²) < 4.78 is 75.9. The number of nitrogen functional groups attached to an aromatic ring is 2. The van der Waals surface area contributed by atoms with Crippen LogP contribution in [0.3, 0.4) is 0 Å². The van der Waals surface area contributed by atoms with Crippen LogP contribution in [0.1, 0.15) is 0 Å². The van der Waals surface area contributed by atoms with Gasteiger partial charge in [-0.2, -0.15) is 16.8 Å². The standard InChI is InChI=1S/C22H23N7O9S2.2Na/c1-37-17-8-13(23)19(39(31,32)33)10-15(17)26-28-21(22(30)25-12-6-4-3-5-7-12)29-27-16-11-20(40(34,35)36)14(24)9-18(16)38-2;;/h3-11,26H,23-24H2,1-2H3,(H,25,30)(H,31,32,33)(H,34,35,36);;/b28-21+,29-27?;;. The molecule has 3 aromatic rings. The number of carbonyl (C=O) groups excluding carboxylic acids is 1. The fraction of sp³-hybridized carbons (Fsp3) is 0.0909. The number of nitrogens with zero attached hydrogens (tertiary/aromatic N) is 3. The Bertz CT molecular complexity index is 1720. The van der Waals surface area contributed by atoms with Gasteiger partial charge in [-0.05, 0) is 24.3 Å². The Morgan fingerprint density at radius 2 is 1.36 bits per heavy atom. The number of azo groups is 1. The Labute approximate surface area is 285 Å². The molecule has 0 aliphatic rings. The minimum Gasteiger partial charge on any atom is -0.494 e. The van der Waals surface area contributed by atoms with Gasteiger partial charge in [-0.25, -0.2) is 0 Å². The molecule has 0 spiro atoms. The zero-order valence-electron chi connectivity index (χ0n) is 22.8. The third kappa shape index (κ3) is 9.63. The van der Waals surface area contributed by atoms with Gasteiger partial charge in [0.1, 0.15) is 27.0 Å². The molecule has 20 heteroatoms. The largest absolute Gasteiger partial charge is 0.494 e. The Morgan fingerprint density at radius 3 is 1.88 bits per heavy atom. The molecule has 214 valence electrons. The molecule has 0 saturated carbocycles. The average Bonchev–Trinajstić information content (AvgIpc) is 2.88. The number of carbonyl (C=O) groups is 1. The van der Waals surface area contributed by atoms with Crippen LogP contribution in [0.4, 0.5) is 28.4 Å². The SMILES string of the molecule is COc1cc(N)c(S(=O)(=O)O)cc1N=N/C(=N/Nc1cc(S(=O)(=O)O)c(N)cc1OC)C(=O)Nc1ccccc1.[Na].[Na].